The minimum atomic E-state index is -0.242. The molecule has 0 spiro atoms. The molecule has 0 saturated carbocycles. The van der Waals surface area contributed by atoms with Crippen molar-refractivity contribution >= 4 is 23.1 Å². The molecular formula is C12H14N4OS. The third-order valence-corrected chi connectivity index (χ3v) is 3.57. The third-order valence-electron chi connectivity index (χ3n) is 2.59. The van der Waals surface area contributed by atoms with E-state index in [0.717, 1.165) is 11.3 Å². The Morgan fingerprint density at radius 3 is 3.06 bits per heavy atom. The van der Waals surface area contributed by atoms with Gasteiger partial charge in [0.25, 0.3) is 5.91 Å². The number of nitrogens with one attached hydrogen (secondary N) is 1. The van der Waals surface area contributed by atoms with Gasteiger partial charge < -0.3 is 11.1 Å². The van der Waals surface area contributed by atoms with Crippen LogP contribution in [0.15, 0.2) is 30.0 Å². The standard InChI is InChI=1S/C12H14N4OS/c1-2-9(10-4-3-5-18-10)16-12(17)8-6-14-7-15-11(8)13/h3-7,9H,2H2,1H3,(H,16,17)(H2,13,14,15). The lowest BCUT2D eigenvalue weighted by Gasteiger charge is -2.15. The third kappa shape index (κ3) is 2.65. The monoisotopic (exact) mass is 262 g/mol. The van der Waals surface area contributed by atoms with Crippen molar-refractivity contribution in [3.8, 4) is 0 Å². The minimum Gasteiger partial charge on any atom is -0.383 e. The van der Waals surface area contributed by atoms with E-state index < -0.39 is 0 Å². The van der Waals surface area contributed by atoms with E-state index in [-0.39, 0.29) is 17.8 Å². The van der Waals surface area contributed by atoms with Crippen LogP contribution < -0.4 is 11.1 Å². The second kappa shape index (κ2) is 5.59. The number of nitrogens with two attached hydrogens (primary N) is 1. The summed E-state index contributed by atoms with van der Waals surface area (Å²) in [6.07, 6.45) is 3.57. The molecule has 1 unspecified atom stereocenters. The largest absolute Gasteiger partial charge is 0.383 e. The van der Waals surface area contributed by atoms with Gasteiger partial charge in [-0.25, -0.2) is 9.97 Å². The molecule has 6 heteroatoms. The van der Waals surface area contributed by atoms with E-state index >= 15 is 0 Å². The fourth-order valence-electron chi connectivity index (χ4n) is 1.61. The molecule has 3 N–H and O–H groups in total. The van der Waals surface area contributed by atoms with E-state index in [1.165, 1.54) is 12.5 Å². The molecule has 2 aromatic rings. The molecule has 0 saturated heterocycles. The summed E-state index contributed by atoms with van der Waals surface area (Å²) in [4.78, 5) is 20.8. The highest BCUT2D eigenvalue weighted by Crippen LogP contribution is 2.22. The molecule has 94 valence electrons. The van der Waals surface area contributed by atoms with Gasteiger partial charge in [-0.1, -0.05) is 13.0 Å². The van der Waals surface area contributed by atoms with E-state index in [1.54, 1.807) is 11.3 Å². The van der Waals surface area contributed by atoms with Crippen molar-refractivity contribution in [1.29, 1.82) is 0 Å². The van der Waals surface area contributed by atoms with Crippen LogP contribution in [0, 0.1) is 0 Å². The topological polar surface area (TPSA) is 80.9 Å². The van der Waals surface area contributed by atoms with Crippen molar-refractivity contribution in [3.63, 3.8) is 0 Å². The zero-order chi connectivity index (χ0) is 13.0. The zero-order valence-electron chi connectivity index (χ0n) is 9.96. The van der Waals surface area contributed by atoms with E-state index in [0.29, 0.717) is 5.56 Å². The first-order valence-corrected chi connectivity index (χ1v) is 6.50. The smallest absolute Gasteiger partial charge is 0.257 e. The molecule has 0 fully saturated rings. The summed E-state index contributed by atoms with van der Waals surface area (Å²) in [6, 6.07) is 3.97. The molecular weight excluding hydrogens is 248 g/mol. The van der Waals surface area contributed by atoms with Gasteiger partial charge in [-0.3, -0.25) is 4.79 Å². The molecule has 0 bridgehead atoms. The number of nitrogens with zero attached hydrogens (tertiary/aromatic N) is 2. The number of anilines is 1. The van der Waals surface area contributed by atoms with Gasteiger partial charge in [0.2, 0.25) is 0 Å². The van der Waals surface area contributed by atoms with Crippen molar-refractivity contribution in [2.45, 2.75) is 19.4 Å². The van der Waals surface area contributed by atoms with Gasteiger partial charge >= 0.3 is 0 Å². The van der Waals surface area contributed by atoms with E-state index in [2.05, 4.69) is 15.3 Å². The zero-order valence-corrected chi connectivity index (χ0v) is 10.8. The Bertz CT molecular complexity index is 527. The number of amides is 1. The maximum atomic E-state index is 12.1. The fraction of sp³-hybridized carbons (Fsp3) is 0.250. The molecule has 0 aliphatic heterocycles. The van der Waals surface area contributed by atoms with Crippen LogP contribution in [0.1, 0.15) is 34.6 Å². The highest BCUT2D eigenvalue weighted by Gasteiger charge is 2.17. The first-order valence-electron chi connectivity index (χ1n) is 5.62. The van der Waals surface area contributed by atoms with E-state index in [9.17, 15) is 4.79 Å². The molecule has 2 aromatic heterocycles. The number of nitrogen functional groups attached to an aromatic ring is 1. The van der Waals surface area contributed by atoms with Crippen LogP contribution in [0.25, 0.3) is 0 Å². The van der Waals surface area contributed by atoms with Crippen LogP contribution in [0.4, 0.5) is 5.82 Å². The number of carbonyl (C=O) groups is 1. The van der Waals surface area contributed by atoms with Crippen molar-refractivity contribution in [3.05, 3.63) is 40.5 Å². The van der Waals surface area contributed by atoms with Crippen LogP contribution in [-0.4, -0.2) is 15.9 Å². The normalized spacial score (nSPS) is 12.1. The van der Waals surface area contributed by atoms with Crippen LogP contribution in [-0.2, 0) is 0 Å². The average Bonchev–Trinajstić information content (AvgIpc) is 2.90. The lowest BCUT2D eigenvalue weighted by atomic mass is 10.1. The molecule has 1 amide bonds. The van der Waals surface area contributed by atoms with Gasteiger partial charge in [-0.2, -0.15) is 0 Å². The van der Waals surface area contributed by atoms with Gasteiger partial charge in [-0.05, 0) is 17.9 Å². The highest BCUT2D eigenvalue weighted by atomic mass is 32.1. The number of hydrogen-bond acceptors (Lipinski definition) is 5. The maximum absolute atomic E-state index is 12.1. The first-order chi connectivity index (χ1) is 8.72. The number of thiophene rings is 1. The Morgan fingerprint density at radius 2 is 2.44 bits per heavy atom. The summed E-state index contributed by atoms with van der Waals surface area (Å²) in [7, 11) is 0. The number of carbonyl (C=O) groups excluding carboxylic acids is 1. The van der Waals surface area contributed by atoms with E-state index in [4.69, 9.17) is 5.73 Å². The van der Waals surface area contributed by atoms with Gasteiger partial charge in [-0.15, -0.1) is 11.3 Å². The summed E-state index contributed by atoms with van der Waals surface area (Å²) in [6.45, 7) is 2.02. The predicted molar refractivity (Wildman–Crippen MR) is 71.3 cm³/mol. The molecule has 0 aromatic carbocycles. The maximum Gasteiger partial charge on any atom is 0.257 e. The van der Waals surface area contributed by atoms with Crippen molar-refractivity contribution in [2.75, 3.05) is 5.73 Å². The Balaban J connectivity index is 2.14. The summed E-state index contributed by atoms with van der Waals surface area (Å²) >= 11 is 1.62. The second-order valence-corrected chi connectivity index (χ2v) is 4.75. The molecule has 2 rings (SSSR count). The number of rotatable bonds is 4. The van der Waals surface area contributed by atoms with Crippen LogP contribution in [0.5, 0.6) is 0 Å². The molecule has 1 atom stereocenters. The summed E-state index contributed by atoms with van der Waals surface area (Å²) in [5, 5.41) is 4.93. The van der Waals surface area contributed by atoms with E-state index in [1.807, 2.05) is 24.4 Å². The Morgan fingerprint density at radius 1 is 1.61 bits per heavy atom. The Hall–Kier alpha value is -1.95. The number of hydrogen-bond donors (Lipinski definition) is 2. The van der Waals surface area contributed by atoms with Gasteiger partial charge in [0.05, 0.1) is 11.6 Å². The molecule has 0 aliphatic rings. The summed E-state index contributed by atoms with van der Waals surface area (Å²) < 4.78 is 0. The molecule has 0 aliphatic carbocycles. The fourth-order valence-corrected chi connectivity index (χ4v) is 2.48. The molecule has 0 radical (unpaired) electrons. The summed E-state index contributed by atoms with van der Waals surface area (Å²) in [5.41, 5.74) is 5.96. The van der Waals surface area contributed by atoms with Crippen LogP contribution in [0.3, 0.4) is 0 Å². The molecule has 18 heavy (non-hydrogen) atoms. The first kappa shape index (κ1) is 12.5. The van der Waals surface area contributed by atoms with Crippen LogP contribution in [0.2, 0.25) is 0 Å². The van der Waals surface area contributed by atoms with Gasteiger partial charge in [0, 0.05) is 11.1 Å². The second-order valence-electron chi connectivity index (χ2n) is 3.77. The van der Waals surface area contributed by atoms with Crippen molar-refractivity contribution < 1.29 is 4.79 Å². The Kier molecular flexibility index (Phi) is 3.88. The van der Waals surface area contributed by atoms with Gasteiger partial charge in [0.15, 0.2) is 0 Å². The number of aromatic nitrogens is 2. The van der Waals surface area contributed by atoms with Crippen LogP contribution >= 0.6 is 11.3 Å². The average molecular weight is 262 g/mol. The Labute approximate surface area is 109 Å². The lowest BCUT2D eigenvalue weighted by Crippen LogP contribution is -2.28. The molecule has 2 heterocycles. The minimum absolute atomic E-state index is 0.00268. The SMILES string of the molecule is CCC(NC(=O)c1cncnc1N)c1cccs1. The van der Waals surface area contributed by atoms with Gasteiger partial charge in [0.1, 0.15) is 12.1 Å². The summed E-state index contributed by atoms with van der Waals surface area (Å²) in [5.74, 6) is -0.0446. The molecule has 5 nitrogen and oxygen atoms in total. The van der Waals surface area contributed by atoms with Crippen molar-refractivity contribution in [2.24, 2.45) is 0 Å². The highest BCUT2D eigenvalue weighted by molar-refractivity contribution is 7.10. The quantitative estimate of drug-likeness (QED) is 0.883. The predicted octanol–water partition coefficient (Wildman–Crippen LogP) is 2.00. The lowest BCUT2D eigenvalue weighted by molar-refractivity contribution is 0.0936. The van der Waals surface area contributed by atoms with Crippen molar-refractivity contribution in [1.82, 2.24) is 15.3 Å².